The summed E-state index contributed by atoms with van der Waals surface area (Å²) in [5.41, 5.74) is 1.04. The van der Waals surface area contributed by atoms with Crippen molar-refractivity contribution in [2.75, 3.05) is 7.11 Å². The van der Waals surface area contributed by atoms with Crippen LogP contribution in [0, 0.1) is 15.9 Å². The molecule has 0 fully saturated rings. The third-order valence-electron chi connectivity index (χ3n) is 1.60. The van der Waals surface area contributed by atoms with E-state index in [0.29, 0.717) is 6.07 Å². The predicted molar refractivity (Wildman–Crippen MR) is 47.5 cm³/mol. The van der Waals surface area contributed by atoms with E-state index in [1.807, 2.05) is 5.48 Å². The number of hydroxylamine groups is 1. The maximum Gasteiger partial charge on any atom is 0.285 e. The molecule has 0 saturated carbocycles. The van der Waals surface area contributed by atoms with Crippen LogP contribution in [0.2, 0.25) is 0 Å². The Balaban J connectivity index is 3.17. The molecule has 0 radical (unpaired) electrons. The molecule has 0 bridgehead atoms. The Bertz CT molecular complexity index is 408. The molecule has 0 aliphatic heterocycles. The van der Waals surface area contributed by atoms with Gasteiger partial charge in [0.25, 0.3) is 11.6 Å². The van der Waals surface area contributed by atoms with Crippen LogP contribution in [-0.4, -0.2) is 17.9 Å². The van der Waals surface area contributed by atoms with Gasteiger partial charge in [-0.15, -0.1) is 0 Å². The molecule has 0 unspecified atom stereocenters. The molecule has 0 atom stereocenters. The number of benzene rings is 1. The number of nitrogens with zero attached hydrogens (tertiary/aromatic N) is 1. The average molecular weight is 214 g/mol. The van der Waals surface area contributed by atoms with Crippen molar-refractivity contribution in [2.45, 2.75) is 0 Å². The first-order chi connectivity index (χ1) is 7.06. The van der Waals surface area contributed by atoms with E-state index in [1.54, 1.807) is 0 Å². The van der Waals surface area contributed by atoms with E-state index in [-0.39, 0.29) is 5.56 Å². The van der Waals surface area contributed by atoms with Crippen LogP contribution in [0.3, 0.4) is 0 Å². The van der Waals surface area contributed by atoms with Crippen molar-refractivity contribution in [1.29, 1.82) is 0 Å². The molecule has 7 heteroatoms. The SMILES string of the molecule is CONC(=O)c1ccc(F)cc1[N+](=O)[O-]. The molecule has 0 saturated heterocycles. The van der Waals surface area contributed by atoms with Crippen molar-refractivity contribution in [3.05, 3.63) is 39.7 Å². The first-order valence-electron chi connectivity index (χ1n) is 3.83. The molecule has 1 rings (SSSR count). The largest absolute Gasteiger partial charge is 0.285 e. The lowest BCUT2D eigenvalue weighted by Gasteiger charge is -2.02. The number of hydrogen-bond donors (Lipinski definition) is 1. The number of nitro groups is 1. The molecule has 1 aromatic rings. The van der Waals surface area contributed by atoms with Gasteiger partial charge in [-0.25, -0.2) is 9.87 Å². The third-order valence-corrected chi connectivity index (χ3v) is 1.60. The van der Waals surface area contributed by atoms with Crippen LogP contribution in [0.15, 0.2) is 18.2 Å². The monoisotopic (exact) mass is 214 g/mol. The molecule has 0 aliphatic rings. The summed E-state index contributed by atoms with van der Waals surface area (Å²) in [5, 5.41) is 10.5. The van der Waals surface area contributed by atoms with Gasteiger partial charge in [0.15, 0.2) is 0 Å². The summed E-state index contributed by atoms with van der Waals surface area (Å²) in [4.78, 5) is 25.2. The zero-order valence-electron chi connectivity index (χ0n) is 7.69. The molecule has 1 N–H and O–H groups in total. The fourth-order valence-corrected chi connectivity index (χ4v) is 0.996. The second-order valence-corrected chi connectivity index (χ2v) is 2.55. The van der Waals surface area contributed by atoms with E-state index in [9.17, 15) is 19.3 Å². The number of nitrogens with one attached hydrogen (secondary N) is 1. The van der Waals surface area contributed by atoms with E-state index in [4.69, 9.17) is 0 Å². The predicted octanol–water partition coefficient (Wildman–Crippen LogP) is 1.03. The zero-order chi connectivity index (χ0) is 11.4. The quantitative estimate of drug-likeness (QED) is 0.601. The molecule has 0 aliphatic carbocycles. The van der Waals surface area contributed by atoms with Crippen molar-refractivity contribution in [2.24, 2.45) is 0 Å². The number of rotatable bonds is 3. The van der Waals surface area contributed by atoms with Crippen LogP contribution < -0.4 is 5.48 Å². The Morgan fingerprint density at radius 1 is 1.60 bits per heavy atom. The average Bonchev–Trinajstić information content (AvgIpc) is 2.17. The first-order valence-corrected chi connectivity index (χ1v) is 3.83. The minimum absolute atomic E-state index is 0.261. The third kappa shape index (κ3) is 2.47. The highest BCUT2D eigenvalue weighted by atomic mass is 19.1. The van der Waals surface area contributed by atoms with Gasteiger partial charge in [-0.05, 0) is 12.1 Å². The molecule has 0 aromatic heterocycles. The van der Waals surface area contributed by atoms with E-state index in [0.717, 1.165) is 12.1 Å². The number of hydrogen-bond acceptors (Lipinski definition) is 4. The second kappa shape index (κ2) is 4.47. The van der Waals surface area contributed by atoms with Crippen LogP contribution >= 0.6 is 0 Å². The number of nitro benzene ring substituents is 1. The van der Waals surface area contributed by atoms with Crippen LogP contribution in [0.5, 0.6) is 0 Å². The topological polar surface area (TPSA) is 81.5 Å². The van der Waals surface area contributed by atoms with Gasteiger partial charge in [0.1, 0.15) is 11.4 Å². The van der Waals surface area contributed by atoms with Gasteiger partial charge in [-0.3, -0.25) is 19.7 Å². The standard InChI is InChI=1S/C8H7FN2O4/c1-15-10-8(12)6-3-2-5(9)4-7(6)11(13)14/h2-4H,1H3,(H,10,12). The Labute approximate surface area is 83.8 Å². The zero-order valence-corrected chi connectivity index (χ0v) is 7.69. The number of carbonyl (C=O) groups excluding carboxylic acids is 1. The first kappa shape index (κ1) is 11.1. The van der Waals surface area contributed by atoms with Gasteiger partial charge in [-0.1, -0.05) is 0 Å². The van der Waals surface area contributed by atoms with Crippen molar-refractivity contribution < 1.29 is 18.9 Å². The minimum Gasteiger partial charge on any atom is -0.277 e. The number of halogens is 1. The summed E-state index contributed by atoms with van der Waals surface area (Å²) in [6.45, 7) is 0. The normalized spacial score (nSPS) is 9.73. The van der Waals surface area contributed by atoms with Crippen molar-refractivity contribution in [3.63, 3.8) is 0 Å². The number of carbonyl (C=O) groups is 1. The molecule has 1 amide bonds. The van der Waals surface area contributed by atoms with Crippen molar-refractivity contribution in [3.8, 4) is 0 Å². The highest BCUT2D eigenvalue weighted by molar-refractivity contribution is 5.97. The van der Waals surface area contributed by atoms with E-state index < -0.39 is 22.3 Å². The molecule has 0 spiro atoms. The molecule has 0 heterocycles. The van der Waals surface area contributed by atoms with Crippen LogP contribution in [0.4, 0.5) is 10.1 Å². The molecule has 15 heavy (non-hydrogen) atoms. The second-order valence-electron chi connectivity index (χ2n) is 2.55. The Morgan fingerprint density at radius 2 is 2.27 bits per heavy atom. The maximum absolute atomic E-state index is 12.7. The summed E-state index contributed by atoms with van der Waals surface area (Å²) in [7, 11) is 1.19. The van der Waals surface area contributed by atoms with E-state index in [1.165, 1.54) is 7.11 Å². The molecule has 6 nitrogen and oxygen atoms in total. The van der Waals surface area contributed by atoms with Gasteiger partial charge >= 0.3 is 0 Å². The highest BCUT2D eigenvalue weighted by Crippen LogP contribution is 2.19. The van der Waals surface area contributed by atoms with E-state index in [2.05, 4.69) is 4.84 Å². The van der Waals surface area contributed by atoms with Gasteiger partial charge in [0, 0.05) is 0 Å². The van der Waals surface area contributed by atoms with Gasteiger partial charge < -0.3 is 0 Å². The van der Waals surface area contributed by atoms with Crippen molar-refractivity contribution >= 4 is 11.6 Å². The number of amides is 1. The van der Waals surface area contributed by atoms with Crippen LogP contribution in [-0.2, 0) is 4.84 Å². The Hall–Kier alpha value is -2.02. The summed E-state index contributed by atoms with van der Waals surface area (Å²) in [5.74, 6) is -1.58. The minimum atomic E-state index is -0.840. The van der Waals surface area contributed by atoms with Gasteiger partial charge in [-0.2, -0.15) is 0 Å². The fraction of sp³-hybridized carbons (Fsp3) is 0.125. The summed E-state index contributed by atoms with van der Waals surface area (Å²) in [6.07, 6.45) is 0. The van der Waals surface area contributed by atoms with E-state index >= 15 is 0 Å². The molecule has 80 valence electrons. The lowest BCUT2D eigenvalue weighted by molar-refractivity contribution is -0.385. The fourth-order valence-electron chi connectivity index (χ4n) is 0.996. The highest BCUT2D eigenvalue weighted by Gasteiger charge is 2.20. The van der Waals surface area contributed by atoms with Gasteiger partial charge in [0.05, 0.1) is 18.1 Å². The summed E-state index contributed by atoms with van der Waals surface area (Å²) < 4.78 is 12.7. The van der Waals surface area contributed by atoms with Crippen molar-refractivity contribution in [1.82, 2.24) is 5.48 Å². The molecular weight excluding hydrogens is 207 g/mol. The maximum atomic E-state index is 12.7. The Kier molecular flexibility index (Phi) is 3.29. The van der Waals surface area contributed by atoms with Gasteiger partial charge in [0.2, 0.25) is 0 Å². The lowest BCUT2D eigenvalue weighted by atomic mass is 10.1. The Morgan fingerprint density at radius 3 is 2.80 bits per heavy atom. The summed E-state index contributed by atoms with van der Waals surface area (Å²) in [6, 6.07) is 2.64. The summed E-state index contributed by atoms with van der Waals surface area (Å²) >= 11 is 0. The lowest BCUT2D eigenvalue weighted by Crippen LogP contribution is -2.22. The van der Waals surface area contributed by atoms with Crippen LogP contribution in [0.1, 0.15) is 10.4 Å². The molecule has 1 aromatic carbocycles. The smallest absolute Gasteiger partial charge is 0.277 e. The van der Waals surface area contributed by atoms with Crippen LogP contribution in [0.25, 0.3) is 0 Å². The molecular formula is C8H7FN2O4.